The van der Waals surface area contributed by atoms with Gasteiger partial charge in [-0.05, 0) is 22.7 Å². The van der Waals surface area contributed by atoms with Gasteiger partial charge in [-0.2, -0.15) is 0 Å². The number of carbonyl (C=O) groups is 1. The Morgan fingerprint density at radius 2 is 1.73 bits per heavy atom. The lowest BCUT2D eigenvalue weighted by Gasteiger charge is -2.28. The second-order valence-electron chi connectivity index (χ2n) is 6.49. The van der Waals surface area contributed by atoms with Crippen LogP contribution in [0.1, 0.15) is 24.2 Å². The molecule has 0 aliphatic rings. The standard InChI is InChI=1S/C19H24O2Si/c1-14(2)22(4,5)16-10-8-9-15(13-16)17-11-6-7-12-18(17)19(20)21-3/h6-14H,1-5H3. The SMILES string of the molecule is COC(=O)c1ccccc1-c1cccc([Si](C)(C)C(C)C)c1. The molecular weight excluding hydrogens is 288 g/mol. The Kier molecular flexibility index (Phi) is 4.86. The fourth-order valence-corrected chi connectivity index (χ4v) is 4.16. The number of esters is 1. The summed E-state index contributed by atoms with van der Waals surface area (Å²) in [6.45, 7) is 9.37. The molecule has 2 aromatic carbocycles. The van der Waals surface area contributed by atoms with E-state index in [4.69, 9.17) is 4.74 Å². The summed E-state index contributed by atoms with van der Waals surface area (Å²) in [5.41, 5.74) is 3.30. The van der Waals surface area contributed by atoms with Crippen molar-refractivity contribution in [2.45, 2.75) is 32.5 Å². The molecule has 0 aliphatic carbocycles. The van der Waals surface area contributed by atoms with Gasteiger partial charge in [0.25, 0.3) is 0 Å². The molecule has 0 fully saturated rings. The predicted molar refractivity (Wildman–Crippen MR) is 95.4 cm³/mol. The van der Waals surface area contributed by atoms with Gasteiger partial charge in [-0.15, -0.1) is 0 Å². The fraction of sp³-hybridized carbons (Fsp3) is 0.316. The van der Waals surface area contributed by atoms with E-state index < -0.39 is 8.07 Å². The van der Waals surface area contributed by atoms with Crippen molar-refractivity contribution in [3.8, 4) is 11.1 Å². The van der Waals surface area contributed by atoms with Crippen molar-refractivity contribution in [2.24, 2.45) is 0 Å². The van der Waals surface area contributed by atoms with E-state index in [-0.39, 0.29) is 5.97 Å². The highest BCUT2D eigenvalue weighted by molar-refractivity contribution is 6.90. The molecule has 2 rings (SSSR count). The molecule has 0 aliphatic heterocycles. The van der Waals surface area contributed by atoms with Gasteiger partial charge < -0.3 is 4.74 Å². The smallest absolute Gasteiger partial charge is 0.338 e. The number of rotatable bonds is 4. The first-order valence-corrected chi connectivity index (χ1v) is 10.7. The summed E-state index contributed by atoms with van der Waals surface area (Å²) in [7, 11) is -0.0692. The number of benzene rings is 2. The van der Waals surface area contributed by atoms with E-state index in [1.165, 1.54) is 12.3 Å². The molecule has 0 spiro atoms. The van der Waals surface area contributed by atoms with Crippen LogP contribution in [0.2, 0.25) is 18.6 Å². The lowest BCUT2D eigenvalue weighted by Crippen LogP contribution is -2.44. The summed E-state index contributed by atoms with van der Waals surface area (Å²) in [6.07, 6.45) is 0. The summed E-state index contributed by atoms with van der Waals surface area (Å²) in [4.78, 5) is 12.0. The highest BCUT2D eigenvalue weighted by atomic mass is 28.3. The number of hydrogen-bond donors (Lipinski definition) is 0. The van der Waals surface area contributed by atoms with E-state index in [2.05, 4.69) is 51.2 Å². The molecule has 0 unspecified atom stereocenters. The van der Waals surface area contributed by atoms with Crippen LogP contribution < -0.4 is 5.19 Å². The topological polar surface area (TPSA) is 26.3 Å². The maximum Gasteiger partial charge on any atom is 0.338 e. The third kappa shape index (κ3) is 3.14. The molecule has 0 saturated carbocycles. The Bertz CT molecular complexity index is 675. The summed E-state index contributed by atoms with van der Waals surface area (Å²) in [5.74, 6) is -0.290. The van der Waals surface area contributed by atoms with E-state index in [0.29, 0.717) is 11.1 Å². The van der Waals surface area contributed by atoms with Crippen molar-refractivity contribution in [1.29, 1.82) is 0 Å². The number of ether oxygens (including phenoxy) is 1. The van der Waals surface area contributed by atoms with Crippen molar-refractivity contribution < 1.29 is 9.53 Å². The zero-order chi connectivity index (χ0) is 16.3. The molecule has 0 atom stereocenters. The normalized spacial score (nSPS) is 11.5. The monoisotopic (exact) mass is 312 g/mol. The molecule has 0 radical (unpaired) electrons. The van der Waals surface area contributed by atoms with Crippen molar-refractivity contribution in [2.75, 3.05) is 7.11 Å². The second kappa shape index (κ2) is 6.49. The quantitative estimate of drug-likeness (QED) is 0.615. The van der Waals surface area contributed by atoms with Gasteiger partial charge in [-0.25, -0.2) is 4.79 Å². The highest BCUT2D eigenvalue weighted by Crippen LogP contribution is 2.26. The van der Waals surface area contributed by atoms with Crippen LogP contribution in [0.15, 0.2) is 48.5 Å². The number of methoxy groups -OCH3 is 1. The molecule has 0 bridgehead atoms. The Labute approximate surface area is 134 Å². The lowest BCUT2D eigenvalue weighted by molar-refractivity contribution is 0.0601. The molecule has 0 N–H and O–H groups in total. The molecule has 2 nitrogen and oxygen atoms in total. The predicted octanol–water partition coefficient (Wildman–Crippen LogP) is 4.47. The molecule has 0 aromatic heterocycles. The van der Waals surface area contributed by atoms with Gasteiger partial charge >= 0.3 is 5.97 Å². The zero-order valence-electron chi connectivity index (χ0n) is 14.0. The van der Waals surface area contributed by atoms with Crippen LogP contribution in [0.4, 0.5) is 0 Å². The van der Waals surface area contributed by atoms with Crippen molar-refractivity contribution in [3.63, 3.8) is 0 Å². The highest BCUT2D eigenvalue weighted by Gasteiger charge is 2.27. The van der Waals surface area contributed by atoms with Crippen LogP contribution in [0.25, 0.3) is 11.1 Å². The molecule has 0 heterocycles. The second-order valence-corrected chi connectivity index (χ2v) is 11.7. The van der Waals surface area contributed by atoms with E-state index in [0.717, 1.165) is 11.1 Å². The van der Waals surface area contributed by atoms with Gasteiger partial charge in [0.2, 0.25) is 0 Å². The molecule has 3 heteroatoms. The maximum absolute atomic E-state index is 12.0. The van der Waals surface area contributed by atoms with Crippen LogP contribution in [0.5, 0.6) is 0 Å². The van der Waals surface area contributed by atoms with Gasteiger partial charge in [-0.3, -0.25) is 0 Å². The first-order valence-electron chi connectivity index (χ1n) is 7.66. The molecule has 0 saturated heterocycles. The van der Waals surface area contributed by atoms with Crippen molar-refractivity contribution in [3.05, 3.63) is 54.1 Å². The largest absolute Gasteiger partial charge is 0.465 e. The zero-order valence-corrected chi connectivity index (χ0v) is 15.0. The van der Waals surface area contributed by atoms with Gasteiger partial charge in [0.15, 0.2) is 0 Å². The van der Waals surface area contributed by atoms with Crippen LogP contribution in [0, 0.1) is 0 Å². The number of hydrogen-bond acceptors (Lipinski definition) is 2. The average Bonchev–Trinajstić information content (AvgIpc) is 2.54. The Balaban J connectivity index is 2.54. The summed E-state index contributed by atoms with van der Waals surface area (Å²) in [5, 5.41) is 1.42. The van der Waals surface area contributed by atoms with E-state index in [9.17, 15) is 4.79 Å². The minimum absolute atomic E-state index is 0.290. The number of carbonyl (C=O) groups excluding carboxylic acids is 1. The van der Waals surface area contributed by atoms with Crippen LogP contribution in [-0.2, 0) is 4.74 Å². The molecule has 0 amide bonds. The first kappa shape index (κ1) is 16.5. The minimum atomic E-state index is -1.49. The summed E-state index contributed by atoms with van der Waals surface area (Å²) >= 11 is 0. The average molecular weight is 312 g/mol. The van der Waals surface area contributed by atoms with Crippen LogP contribution in [-0.4, -0.2) is 21.2 Å². The van der Waals surface area contributed by atoms with Gasteiger partial charge in [0, 0.05) is 0 Å². The molecule has 22 heavy (non-hydrogen) atoms. The summed E-state index contributed by atoms with van der Waals surface area (Å²) < 4.78 is 4.90. The molecule has 2 aromatic rings. The van der Waals surface area contributed by atoms with Crippen LogP contribution >= 0.6 is 0 Å². The van der Waals surface area contributed by atoms with E-state index in [1.807, 2.05) is 24.3 Å². The van der Waals surface area contributed by atoms with E-state index >= 15 is 0 Å². The lowest BCUT2D eigenvalue weighted by atomic mass is 10.00. The Morgan fingerprint density at radius 1 is 1.05 bits per heavy atom. The van der Waals surface area contributed by atoms with Crippen molar-refractivity contribution in [1.82, 2.24) is 0 Å². The third-order valence-corrected chi connectivity index (χ3v) is 9.38. The summed E-state index contributed by atoms with van der Waals surface area (Å²) in [6, 6.07) is 16.2. The van der Waals surface area contributed by atoms with Gasteiger partial charge in [-0.1, -0.05) is 74.6 Å². The molecule has 116 valence electrons. The third-order valence-electron chi connectivity index (χ3n) is 4.69. The Morgan fingerprint density at radius 3 is 2.36 bits per heavy atom. The van der Waals surface area contributed by atoms with E-state index in [1.54, 1.807) is 0 Å². The van der Waals surface area contributed by atoms with Gasteiger partial charge in [0.1, 0.15) is 0 Å². The molecular formula is C19H24O2Si. The Hall–Kier alpha value is -1.87. The van der Waals surface area contributed by atoms with Gasteiger partial charge in [0.05, 0.1) is 20.7 Å². The fourth-order valence-electron chi connectivity index (χ4n) is 2.44. The van der Waals surface area contributed by atoms with Crippen LogP contribution in [0.3, 0.4) is 0 Å². The van der Waals surface area contributed by atoms with Crippen molar-refractivity contribution >= 4 is 19.2 Å². The maximum atomic E-state index is 12.0. The minimum Gasteiger partial charge on any atom is -0.465 e. The first-order chi connectivity index (χ1) is 10.4.